The van der Waals surface area contributed by atoms with Gasteiger partial charge in [0.15, 0.2) is 5.58 Å². The van der Waals surface area contributed by atoms with Gasteiger partial charge in [-0.3, -0.25) is 0 Å². The van der Waals surface area contributed by atoms with Gasteiger partial charge in [0.05, 0.1) is 0 Å². The Morgan fingerprint density at radius 3 is 2.90 bits per heavy atom. The highest BCUT2D eigenvalue weighted by molar-refractivity contribution is 7.88. The predicted octanol–water partition coefficient (Wildman–Crippen LogP) is 1.50. The summed E-state index contributed by atoms with van der Waals surface area (Å²) in [5.74, 6) is -0.142. The van der Waals surface area contributed by atoms with Crippen molar-refractivity contribution in [2.24, 2.45) is 5.73 Å². The number of fused-ring (bicyclic) bond motifs is 1. The largest absolute Gasteiger partial charge is 0.356 e. The van der Waals surface area contributed by atoms with Crippen LogP contribution < -0.4 is 5.73 Å². The van der Waals surface area contributed by atoms with E-state index in [0.29, 0.717) is 24.4 Å². The topological polar surface area (TPSA) is 89.4 Å². The van der Waals surface area contributed by atoms with Crippen LogP contribution >= 0.6 is 12.4 Å². The van der Waals surface area contributed by atoms with E-state index < -0.39 is 10.0 Å². The molecule has 1 fully saturated rings. The van der Waals surface area contributed by atoms with Gasteiger partial charge in [-0.25, -0.2) is 12.7 Å². The number of piperidine rings is 1. The first-order valence-electron chi connectivity index (χ1n) is 6.63. The van der Waals surface area contributed by atoms with Crippen LogP contribution in [-0.4, -0.2) is 37.0 Å². The number of para-hydroxylation sites is 1. The van der Waals surface area contributed by atoms with Crippen molar-refractivity contribution in [1.82, 2.24) is 9.46 Å². The van der Waals surface area contributed by atoms with E-state index in [1.807, 2.05) is 18.2 Å². The average Bonchev–Trinajstić information content (AvgIpc) is 2.82. The minimum Gasteiger partial charge on any atom is -0.356 e. The zero-order chi connectivity index (χ0) is 14.2. The normalized spacial score (nSPS) is 20.3. The van der Waals surface area contributed by atoms with Crippen molar-refractivity contribution in [2.75, 3.05) is 13.1 Å². The lowest BCUT2D eigenvalue weighted by Gasteiger charge is -2.29. The Morgan fingerprint density at radius 1 is 1.38 bits per heavy atom. The Hall–Kier alpha value is -1.15. The number of nitrogens with two attached hydrogens (primary N) is 1. The van der Waals surface area contributed by atoms with E-state index >= 15 is 0 Å². The van der Waals surface area contributed by atoms with Crippen LogP contribution in [0, 0.1) is 0 Å². The van der Waals surface area contributed by atoms with Crippen molar-refractivity contribution in [3.05, 3.63) is 30.0 Å². The monoisotopic (exact) mass is 331 g/mol. The van der Waals surface area contributed by atoms with Crippen LogP contribution in [0.25, 0.3) is 11.0 Å². The molecule has 1 aromatic carbocycles. The standard InChI is InChI=1S/C13H17N3O3S.ClH/c14-10-4-3-7-16(8-10)20(17,18)9-12-11-5-1-2-6-13(11)19-15-12;/h1-2,5-6,10H,3-4,7-9,14H2;1H. The highest BCUT2D eigenvalue weighted by Crippen LogP contribution is 2.22. The Kier molecular flexibility index (Phi) is 4.88. The highest BCUT2D eigenvalue weighted by Gasteiger charge is 2.29. The second-order valence-corrected chi connectivity index (χ2v) is 7.11. The molecule has 21 heavy (non-hydrogen) atoms. The van der Waals surface area contributed by atoms with Gasteiger partial charge in [0.25, 0.3) is 0 Å². The van der Waals surface area contributed by atoms with E-state index in [-0.39, 0.29) is 24.2 Å². The third-order valence-electron chi connectivity index (χ3n) is 3.59. The Labute approximate surface area is 129 Å². The van der Waals surface area contributed by atoms with Crippen molar-refractivity contribution in [3.8, 4) is 0 Å². The first-order chi connectivity index (χ1) is 9.56. The van der Waals surface area contributed by atoms with E-state index in [2.05, 4.69) is 5.16 Å². The van der Waals surface area contributed by atoms with E-state index in [0.717, 1.165) is 18.2 Å². The molecule has 0 aliphatic carbocycles. The molecule has 0 saturated carbocycles. The third kappa shape index (κ3) is 3.37. The van der Waals surface area contributed by atoms with Crippen molar-refractivity contribution in [2.45, 2.75) is 24.6 Å². The van der Waals surface area contributed by atoms with Gasteiger partial charge in [-0.05, 0) is 25.0 Å². The van der Waals surface area contributed by atoms with Gasteiger partial charge in [-0.2, -0.15) is 0 Å². The van der Waals surface area contributed by atoms with Crippen LogP contribution in [0.2, 0.25) is 0 Å². The van der Waals surface area contributed by atoms with Gasteiger partial charge >= 0.3 is 0 Å². The minimum absolute atomic E-state index is 0. The number of hydrogen-bond donors (Lipinski definition) is 1. The lowest BCUT2D eigenvalue weighted by molar-refractivity contribution is 0.315. The first kappa shape index (κ1) is 16.2. The molecule has 0 amide bonds. The summed E-state index contributed by atoms with van der Waals surface area (Å²) >= 11 is 0. The van der Waals surface area contributed by atoms with Gasteiger partial charge in [0, 0.05) is 24.5 Å². The van der Waals surface area contributed by atoms with E-state index in [9.17, 15) is 8.42 Å². The van der Waals surface area contributed by atoms with Crippen molar-refractivity contribution < 1.29 is 12.9 Å². The van der Waals surface area contributed by atoms with E-state index in [1.54, 1.807) is 6.07 Å². The maximum Gasteiger partial charge on any atom is 0.220 e. The molecule has 1 aliphatic rings. The molecule has 2 aromatic rings. The minimum atomic E-state index is -3.40. The molecule has 0 radical (unpaired) electrons. The molecule has 1 saturated heterocycles. The summed E-state index contributed by atoms with van der Waals surface area (Å²) in [6.45, 7) is 0.921. The lowest BCUT2D eigenvalue weighted by Crippen LogP contribution is -2.46. The summed E-state index contributed by atoms with van der Waals surface area (Å²) in [6.07, 6.45) is 1.68. The smallest absolute Gasteiger partial charge is 0.220 e. The van der Waals surface area contributed by atoms with Crippen molar-refractivity contribution in [3.63, 3.8) is 0 Å². The van der Waals surface area contributed by atoms with E-state index in [1.165, 1.54) is 4.31 Å². The fourth-order valence-corrected chi connectivity index (χ4v) is 4.10. The SMILES string of the molecule is Cl.NC1CCCN(S(=O)(=O)Cc2noc3ccccc23)C1. The van der Waals surface area contributed by atoms with Crippen LogP contribution in [0.15, 0.2) is 28.8 Å². The molecule has 6 nitrogen and oxygen atoms in total. The molecule has 2 N–H and O–H groups in total. The van der Waals surface area contributed by atoms with Crippen LogP contribution in [0.4, 0.5) is 0 Å². The second-order valence-electron chi connectivity index (χ2n) is 5.14. The number of hydrogen-bond acceptors (Lipinski definition) is 5. The van der Waals surface area contributed by atoms with Crippen LogP contribution in [0.3, 0.4) is 0 Å². The van der Waals surface area contributed by atoms with Gasteiger partial charge < -0.3 is 10.3 Å². The summed E-state index contributed by atoms with van der Waals surface area (Å²) in [5.41, 5.74) is 6.91. The fourth-order valence-electron chi connectivity index (χ4n) is 2.53. The molecular weight excluding hydrogens is 314 g/mol. The van der Waals surface area contributed by atoms with Crippen molar-refractivity contribution in [1.29, 1.82) is 0 Å². The Bertz CT molecular complexity index is 716. The summed E-state index contributed by atoms with van der Waals surface area (Å²) in [4.78, 5) is 0. The fraction of sp³-hybridized carbons (Fsp3) is 0.462. The summed E-state index contributed by atoms with van der Waals surface area (Å²) in [7, 11) is -3.40. The molecule has 1 aliphatic heterocycles. The summed E-state index contributed by atoms with van der Waals surface area (Å²) in [5, 5.41) is 4.63. The van der Waals surface area contributed by atoms with Gasteiger partial charge in [-0.1, -0.05) is 17.3 Å². The molecule has 1 atom stereocenters. The number of rotatable bonds is 3. The summed E-state index contributed by atoms with van der Waals surface area (Å²) < 4.78 is 31.5. The van der Waals surface area contributed by atoms with Crippen LogP contribution in [0.5, 0.6) is 0 Å². The van der Waals surface area contributed by atoms with Crippen LogP contribution in [0.1, 0.15) is 18.5 Å². The molecule has 3 rings (SSSR count). The molecule has 0 spiro atoms. The Balaban J connectivity index is 0.00000161. The Morgan fingerprint density at radius 2 is 2.14 bits per heavy atom. The summed E-state index contributed by atoms with van der Waals surface area (Å²) in [6, 6.07) is 7.18. The molecule has 116 valence electrons. The maximum absolute atomic E-state index is 12.4. The quantitative estimate of drug-likeness (QED) is 0.920. The zero-order valence-electron chi connectivity index (χ0n) is 11.4. The number of nitrogens with zero attached hydrogens (tertiary/aromatic N) is 2. The number of sulfonamides is 1. The van der Waals surface area contributed by atoms with Crippen LogP contribution in [-0.2, 0) is 15.8 Å². The zero-order valence-corrected chi connectivity index (χ0v) is 13.1. The molecule has 1 unspecified atom stereocenters. The van der Waals surface area contributed by atoms with E-state index in [4.69, 9.17) is 10.3 Å². The number of aromatic nitrogens is 1. The molecule has 8 heteroatoms. The molecule has 0 bridgehead atoms. The number of halogens is 1. The number of benzene rings is 1. The lowest BCUT2D eigenvalue weighted by atomic mass is 10.1. The highest BCUT2D eigenvalue weighted by atomic mass is 35.5. The van der Waals surface area contributed by atoms with Gasteiger partial charge in [0.1, 0.15) is 11.4 Å². The van der Waals surface area contributed by atoms with Gasteiger partial charge in [0.2, 0.25) is 10.0 Å². The maximum atomic E-state index is 12.4. The molecule has 1 aromatic heterocycles. The third-order valence-corrected chi connectivity index (χ3v) is 5.34. The second kappa shape index (κ2) is 6.31. The van der Waals surface area contributed by atoms with Crippen molar-refractivity contribution >= 4 is 33.4 Å². The predicted molar refractivity (Wildman–Crippen MR) is 82.7 cm³/mol. The first-order valence-corrected chi connectivity index (χ1v) is 8.24. The van der Waals surface area contributed by atoms with Gasteiger partial charge in [-0.15, -0.1) is 12.4 Å². The average molecular weight is 332 g/mol. The molecular formula is C13H18ClN3O3S. The molecule has 2 heterocycles.